The van der Waals surface area contributed by atoms with Crippen LogP contribution in [0.25, 0.3) is 22.8 Å². The first kappa shape index (κ1) is 10.5. The van der Waals surface area contributed by atoms with Gasteiger partial charge in [0.05, 0.1) is 0 Å². The second-order valence-electron chi connectivity index (χ2n) is 3.78. The van der Waals surface area contributed by atoms with Crippen LogP contribution in [0.1, 0.15) is 0 Å². The molecule has 0 bridgehead atoms. The zero-order valence-corrected chi connectivity index (χ0v) is 9.45. The van der Waals surface area contributed by atoms with Gasteiger partial charge in [-0.15, -0.1) is 0 Å². The Hall–Kier alpha value is -2.69. The number of nitrogens with two attached hydrogens (primary N) is 1. The van der Waals surface area contributed by atoms with E-state index in [1.54, 1.807) is 18.5 Å². The van der Waals surface area contributed by atoms with E-state index in [1.165, 1.54) is 0 Å². The van der Waals surface area contributed by atoms with Gasteiger partial charge in [0, 0.05) is 29.2 Å². The highest BCUT2D eigenvalue weighted by molar-refractivity contribution is 5.62. The van der Waals surface area contributed by atoms with Crippen LogP contribution in [-0.4, -0.2) is 15.1 Å². The van der Waals surface area contributed by atoms with Crippen molar-refractivity contribution in [1.82, 2.24) is 15.1 Å². The van der Waals surface area contributed by atoms with Crippen molar-refractivity contribution in [1.29, 1.82) is 0 Å². The van der Waals surface area contributed by atoms with Gasteiger partial charge in [0.1, 0.15) is 0 Å². The summed E-state index contributed by atoms with van der Waals surface area (Å²) in [6.07, 6.45) is 3.37. The third-order valence-corrected chi connectivity index (χ3v) is 2.50. The summed E-state index contributed by atoms with van der Waals surface area (Å²) in [6, 6.07) is 11.0. The summed E-state index contributed by atoms with van der Waals surface area (Å²) in [7, 11) is 0. The monoisotopic (exact) mass is 238 g/mol. The number of nitrogen functional groups attached to an aromatic ring is 1. The summed E-state index contributed by atoms with van der Waals surface area (Å²) in [6.45, 7) is 0. The lowest BCUT2D eigenvalue weighted by Crippen LogP contribution is -1.85. The van der Waals surface area contributed by atoms with Crippen LogP contribution in [-0.2, 0) is 0 Å². The molecule has 0 spiro atoms. The van der Waals surface area contributed by atoms with Crippen molar-refractivity contribution in [2.45, 2.75) is 0 Å². The van der Waals surface area contributed by atoms with Gasteiger partial charge in [-0.1, -0.05) is 11.2 Å². The predicted octanol–water partition coefficient (Wildman–Crippen LogP) is 2.38. The fraction of sp³-hybridized carbons (Fsp3) is 0. The number of rotatable bonds is 2. The smallest absolute Gasteiger partial charge is 0.258 e. The molecular formula is C13H10N4O. The number of aromatic nitrogens is 3. The number of anilines is 1. The maximum Gasteiger partial charge on any atom is 0.258 e. The van der Waals surface area contributed by atoms with Crippen LogP contribution < -0.4 is 5.73 Å². The third-order valence-electron chi connectivity index (χ3n) is 2.50. The number of hydrogen-bond donors (Lipinski definition) is 1. The molecule has 0 saturated carbocycles. The van der Waals surface area contributed by atoms with Gasteiger partial charge in [-0.2, -0.15) is 4.98 Å². The molecule has 3 rings (SSSR count). The zero-order chi connectivity index (χ0) is 12.4. The molecular weight excluding hydrogens is 228 g/mol. The van der Waals surface area contributed by atoms with Gasteiger partial charge in [-0.25, -0.2) is 0 Å². The van der Waals surface area contributed by atoms with Gasteiger partial charge < -0.3 is 10.3 Å². The maximum atomic E-state index is 5.72. The van der Waals surface area contributed by atoms with Crippen LogP contribution in [0.4, 0.5) is 5.69 Å². The van der Waals surface area contributed by atoms with Gasteiger partial charge in [0.15, 0.2) is 0 Å². The minimum absolute atomic E-state index is 0.453. The fourth-order valence-corrected chi connectivity index (χ4v) is 1.63. The molecule has 5 heteroatoms. The Balaban J connectivity index is 2.00. The quantitative estimate of drug-likeness (QED) is 0.693. The highest BCUT2D eigenvalue weighted by Crippen LogP contribution is 2.22. The minimum Gasteiger partial charge on any atom is -0.399 e. The van der Waals surface area contributed by atoms with Crippen molar-refractivity contribution in [3.8, 4) is 22.8 Å². The van der Waals surface area contributed by atoms with E-state index < -0.39 is 0 Å². The fourth-order valence-electron chi connectivity index (χ4n) is 1.63. The Morgan fingerprint density at radius 1 is 1.00 bits per heavy atom. The normalized spacial score (nSPS) is 10.4. The van der Waals surface area contributed by atoms with E-state index in [1.807, 2.05) is 30.3 Å². The number of benzene rings is 1. The molecule has 2 heterocycles. The van der Waals surface area contributed by atoms with Gasteiger partial charge in [-0.05, 0) is 30.3 Å². The maximum absolute atomic E-state index is 5.72. The average Bonchev–Trinajstić information content (AvgIpc) is 2.89. The van der Waals surface area contributed by atoms with E-state index in [9.17, 15) is 0 Å². The van der Waals surface area contributed by atoms with Gasteiger partial charge in [0.2, 0.25) is 5.82 Å². The molecule has 3 aromatic rings. The standard InChI is InChI=1S/C13H10N4O/c14-11-3-1-2-10(8-11)13-16-12(17-18-13)9-4-6-15-7-5-9/h1-8H,14H2. The molecule has 1 aromatic carbocycles. The van der Waals surface area contributed by atoms with E-state index in [2.05, 4.69) is 15.1 Å². The second kappa shape index (κ2) is 4.29. The van der Waals surface area contributed by atoms with E-state index in [0.29, 0.717) is 17.4 Å². The van der Waals surface area contributed by atoms with Gasteiger partial charge in [-0.3, -0.25) is 4.98 Å². The molecule has 0 saturated heterocycles. The lowest BCUT2D eigenvalue weighted by atomic mass is 10.2. The first-order valence-corrected chi connectivity index (χ1v) is 5.43. The van der Waals surface area contributed by atoms with Crippen LogP contribution in [0, 0.1) is 0 Å². The van der Waals surface area contributed by atoms with Crippen molar-refractivity contribution in [3.63, 3.8) is 0 Å². The van der Waals surface area contributed by atoms with Gasteiger partial charge >= 0.3 is 0 Å². The molecule has 0 radical (unpaired) electrons. The molecule has 0 aliphatic rings. The summed E-state index contributed by atoms with van der Waals surface area (Å²) >= 11 is 0. The van der Waals surface area contributed by atoms with Crippen molar-refractivity contribution < 1.29 is 4.52 Å². The molecule has 2 aromatic heterocycles. The first-order valence-electron chi connectivity index (χ1n) is 5.43. The molecule has 0 atom stereocenters. The summed E-state index contributed by atoms with van der Waals surface area (Å²) in [5.74, 6) is 0.990. The Morgan fingerprint density at radius 2 is 1.83 bits per heavy atom. The highest BCUT2D eigenvalue weighted by atomic mass is 16.5. The topological polar surface area (TPSA) is 77.8 Å². The van der Waals surface area contributed by atoms with Crippen molar-refractivity contribution in [3.05, 3.63) is 48.8 Å². The van der Waals surface area contributed by atoms with Gasteiger partial charge in [0.25, 0.3) is 5.89 Å². The van der Waals surface area contributed by atoms with Crippen LogP contribution in [0.3, 0.4) is 0 Å². The van der Waals surface area contributed by atoms with Crippen molar-refractivity contribution in [2.24, 2.45) is 0 Å². The average molecular weight is 238 g/mol. The first-order chi connectivity index (χ1) is 8.83. The summed E-state index contributed by atoms with van der Waals surface area (Å²) in [5, 5.41) is 3.94. The van der Waals surface area contributed by atoms with Crippen molar-refractivity contribution in [2.75, 3.05) is 5.73 Å². The molecule has 88 valence electrons. The molecule has 18 heavy (non-hydrogen) atoms. The summed E-state index contributed by atoms with van der Waals surface area (Å²) in [5.41, 5.74) is 8.05. The van der Waals surface area contributed by atoms with E-state index in [-0.39, 0.29) is 0 Å². The zero-order valence-electron chi connectivity index (χ0n) is 9.45. The molecule has 0 aliphatic carbocycles. The van der Waals surface area contributed by atoms with Crippen molar-refractivity contribution >= 4 is 5.69 Å². The van der Waals surface area contributed by atoms with Crippen LogP contribution in [0.2, 0.25) is 0 Å². The minimum atomic E-state index is 0.453. The Labute approximate surface area is 103 Å². The van der Waals surface area contributed by atoms with E-state index in [4.69, 9.17) is 10.3 Å². The number of nitrogens with zero attached hydrogens (tertiary/aromatic N) is 3. The van der Waals surface area contributed by atoms with Crippen LogP contribution >= 0.6 is 0 Å². The molecule has 5 nitrogen and oxygen atoms in total. The Bertz CT molecular complexity index is 664. The Morgan fingerprint density at radius 3 is 2.61 bits per heavy atom. The predicted molar refractivity (Wildman–Crippen MR) is 67.4 cm³/mol. The van der Waals surface area contributed by atoms with E-state index in [0.717, 1.165) is 11.1 Å². The molecule has 0 unspecified atom stereocenters. The lowest BCUT2D eigenvalue weighted by Gasteiger charge is -1.95. The largest absolute Gasteiger partial charge is 0.399 e. The van der Waals surface area contributed by atoms with Crippen LogP contribution in [0.5, 0.6) is 0 Å². The highest BCUT2D eigenvalue weighted by Gasteiger charge is 2.10. The lowest BCUT2D eigenvalue weighted by molar-refractivity contribution is 0.432. The summed E-state index contributed by atoms with van der Waals surface area (Å²) in [4.78, 5) is 8.28. The van der Waals surface area contributed by atoms with Crippen LogP contribution in [0.15, 0.2) is 53.3 Å². The van der Waals surface area contributed by atoms with E-state index >= 15 is 0 Å². The second-order valence-corrected chi connectivity index (χ2v) is 3.78. The molecule has 0 aliphatic heterocycles. The third kappa shape index (κ3) is 1.93. The molecule has 0 fully saturated rings. The number of hydrogen-bond acceptors (Lipinski definition) is 5. The number of pyridine rings is 1. The summed E-state index contributed by atoms with van der Waals surface area (Å²) < 4.78 is 5.22. The molecule has 0 amide bonds. The Kier molecular flexibility index (Phi) is 2.49. The SMILES string of the molecule is Nc1cccc(-c2nc(-c3ccncc3)no2)c1. The molecule has 2 N–H and O–H groups in total.